The maximum Gasteiger partial charge on any atom is 0.0669 e. The van der Waals surface area contributed by atoms with Crippen molar-refractivity contribution in [3.8, 4) is 0 Å². The van der Waals surface area contributed by atoms with E-state index in [2.05, 4.69) is 13.8 Å². The lowest BCUT2D eigenvalue weighted by molar-refractivity contribution is 0.0417. The van der Waals surface area contributed by atoms with Crippen molar-refractivity contribution in [1.82, 2.24) is 0 Å². The van der Waals surface area contributed by atoms with Crippen LogP contribution >= 0.6 is 0 Å². The first-order chi connectivity index (χ1) is 6.24. The summed E-state index contributed by atoms with van der Waals surface area (Å²) in [6.07, 6.45) is 5.33. The number of ether oxygens (including phenoxy) is 1. The minimum atomic E-state index is 0.218. The van der Waals surface area contributed by atoms with Crippen molar-refractivity contribution in [2.24, 2.45) is 11.7 Å². The van der Waals surface area contributed by atoms with Crippen LogP contribution in [0.4, 0.5) is 0 Å². The molecule has 0 aliphatic heterocycles. The lowest BCUT2D eigenvalue weighted by Crippen LogP contribution is -2.23. The van der Waals surface area contributed by atoms with Gasteiger partial charge in [-0.1, -0.05) is 33.1 Å². The van der Waals surface area contributed by atoms with Crippen molar-refractivity contribution in [1.29, 1.82) is 0 Å². The Morgan fingerprint density at radius 2 is 2.00 bits per heavy atom. The van der Waals surface area contributed by atoms with Crippen LogP contribution in [0.1, 0.15) is 46.5 Å². The molecule has 2 N–H and O–H groups in total. The lowest BCUT2D eigenvalue weighted by atomic mass is 10.0. The van der Waals surface area contributed by atoms with Gasteiger partial charge in [0.2, 0.25) is 0 Å². The summed E-state index contributed by atoms with van der Waals surface area (Å²) in [6.45, 7) is 8.01. The van der Waals surface area contributed by atoms with E-state index < -0.39 is 0 Å². The molecule has 0 saturated carbocycles. The summed E-state index contributed by atoms with van der Waals surface area (Å²) in [4.78, 5) is 0. The molecule has 0 radical (unpaired) electrons. The zero-order chi connectivity index (χ0) is 10.1. The predicted molar refractivity (Wildman–Crippen MR) is 57.8 cm³/mol. The van der Waals surface area contributed by atoms with Crippen LogP contribution < -0.4 is 5.73 Å². The topological polar surface area (TPSA) is 35.2 Å². The van der Waals surface area contributed by atoms with Gasteiger partial charge in [0.1, 0.15) is 0 Å². The first kappa shape index (κ1) is 12.9. The normalized spacial score (nSPS) is 15.7. The molecule has 13 heavy (non-hydrogen) atoms. The van der Waals surface area contributed by atoms with Gasteiger partial charge in [-0.25, -0.2) is 0 Å². The standard InChI is InChI=1S/C11H25NO/c1-4-6-7-11(5-2)9-13-10(3)8-12/h10-11H,4-9,12H2,1-3H3. The molecule has 2 nitrogen and oxygen atoms in total. The third-order valence-corrected chi connectivity index (χ3v) is 2.49. The maximum atomic E-state index is 5.62. The molecular weight excluding hydrogens is 162 g/mol. The Labute approximate surface area is 82.8 Å². The van der Waals surface area contributed by atoms with Gasteiger partial charge in [0.15, 0.2) is 0 Å². The molecule has 0 bridgehead atoms. The predicted octanol–water partition coefficient (Wildman–Crippen LogP) is 2.57. The van der Waals surface area contributed by atoms with E-state index in [-0.39, 0.29) is 6.10 Å². The van der Waals surface area contributed by atoms with Crippen molar-refractivity contribution < 1.29 is 4.74 Å². The molecule has 0 rings (SSSR count). The van der Waals surface area contributed by atoms with Crippen LogP contribution in [0.25, 0.3) is 0 Å². The molecule has 0 aliphatic rings. The van der Waals surface area contributed by atoms with E-state index in [1.54, 1.807) is 0 Å². The molecule has 2 atom stereocenters. The van der Waals surface area contributed by atoms with Crippen LogP contribution in [0.5, 0.6) is 0 Å². The SMILES string of the molecule is CCCCC(CC)COC(C)CN. The van der Waals surface area contributed by atoms with Gasteiger partial charge in [-0.3, -0.25) is 0 Å². The smallest absolute Gasteiger partial charge is 0.0669 e. The zero-order valence-corrected chi connectivity index (χ0v) is 9.38. The second-order valence-electron chi connectivity index (χ2n) is 3.80. The van der Waals surface area contributed by atoms with Crippen molar-refractivity contribution >= 4 is 0 Å². The highest BCUT2D eigenvalue weighted by molar-refractivity contribution is 4.58. The highest BCUT2D eigenvalue weighted by atomic mass is 16.5. The second kappa shape index (κ2) is 8.52. The van der Waals surface area contributed by atoms with Crippen LogP contribution in [0.15, 0.2) is 0 Å². The molecule has 0 spiro atoms. The summed E-state index contributed by atoms with van der Waals surface area (Å²) < 4.78 is 5.62. The first-order valence-corrected chi connectivity index (χ1v) is 5.56. The van der Waals surface area contributed by atoms with Crippen LogP contribution in [-0.2, 0) is 4.74 Å². The molecule has 0 amide bonds. The third kappa shape index (κ3) is 7.03. The van der Waals surface area contributed by atoms with Gasteiger partial charge in [-0.2, -0.15) is 0 Å². The first-order valence-electron chi connectivity index (χ1n) is 5.56. The third-order valence-electron chi connectivity index (χ3n) is 2.49. The molecule has 0 aromatic heterocycles. The van der Waals surface area contributed by atoms with Crippen LogP contribution in [0.3, 0.4) is 0 Å². The largest absolute Gasteiger partial charge is 0.377 e. The fraction of sp³-hybridized carbons (Fsp3) is 1.00. The fourth-order valence-corrected chi connectivity index (χ4v) is 1.27. The van der Waals surface area contributed by atoms with Crippen molar-refractivity contribution in [3.05, 3.63) is 0 Å². The van der Waals surface area contributed by atoms with Crippen LogP contribution in [0.2, 0.25) is 0 Å². The van der Waals surface area contributed by atoms with Gasteiger partial charge < -0.3 is 10.5 Å². The summed E-state index contributed by atoms with van der Waals surface area (Å²) in [5.41, 5.74) is 5.47. The minimum Gasteiger partial charge on any atom is -0.377 e. The van der Waals surface area contributed by atoms with Gasteiger partial charge in [-0.05, 0) is 19.3 Å². The van der Waals surface area contributed by atoms with E-state index >= 15 is 0 Å². The van der Waals surface area contributed by atoms with Crippen LogP contribution in [-0.4, -0.2) is 19.3 Å². The Hall–Kier alpha value is -0.0800. The summed E-state index contributed by atoms with van der Waals surface area (Å²) in [6, 6.07) is 0. The summed E-state index contributed by atoms with van der Waals surface area (Å²) in [5, 5.41) is 0. The summed E-state index contributed by atoms with van der Waals surface area (Å²) >= 11 is 0. The molecule has 0 aromatic carbocycles. The monoisotopic (exact) mass is 187 g/mol. The number of hydrogen-bond acceptors (Lipinski definition) is 2. The number of unbranched alkanes of at least 4 members (excludes halogenated alkanes) is 1. The van der Waals surface area contributed by atoms with E-state index in [0.29, 0.717) is 6.54 Å². The number of hydrogen-bond donors (Lipinski definition) is 1. The van der Waals surface area contributed by atoms with E-state index in [0.717, 1.165) is 12.5 Å². The Morgan fingerprint density at radius 1 is 1.31 bits per heavy atom. The Morgan fingerprint density at radius 3 is 2.46 bits per heavy atom. The van der Waals surface area contributed by atoms with Gasteiger partial charge in [0.25, 0.3) is 0 Å². The fourth-order valence-electron chi connectivity index (χ4n) is 1.27. The number of nitrogens with two attached hydrogens (primary N) is 1. The minimum absolute atomic E-state index is 0.218. The molecule has 0 aliphatic carbocycles. The maximum absolute atomic E-state index is 5.62. The Kier molecular flexibility index (Phi) is 8.46. The molecule has 0 fully saturated rings. The van der Waals surface area contributed by atoms with E-state index in [1.165, 1.54) is 25.7 Å². The van der Waals surface area contributed by atoms with Crippen molar-refractivity contribution in [2.45, 2.75) is 52.6 Å². The second-order valence-corrected chi connectivity index (χ2v) is 3.80. The van der Waals surface area contributed by atoms with E-state index in [9.17, 15) is 0 Å². The molecule has 2 heteroatoms. The molecule has 80 valence electrons. The quantitative estimate of drug-likeness (QED) is 0.634. The summed E-state index contributed by atoms with van der Waals surface area (Å²) in [7, 11) is 0. The van der Waals surface area contributed by atoms with Gasteiger partial charge in [-0.15, -0.1) is 0 Å². The molecule has 0 saturated heterocycles. The molecule has 0 heterocycles. The van der Waals surface area contributed by atoms with Gasteiger partial charge in [0.05, 0.1) is 6.10 Å². The Bertz CT molecular complexity index is 106. The van der Waals surface area contributed by atoms with E-state index in [1.807, 2.05) is 6.92 Å². The highest BCUT2D eigenvalue weighted by Crippen LogP contribution is 2.13. The van der Waals surface area contributed by atoms with Crippen molar-refractivity contribution in [3.63, 3.8) is 0 Å². The number of rotatable bonds is 8. The average Bonchev–Trinajstić information content (AvgIpc) is 2.17. The average molecular weight is 187 g/mol. The Balaban J connectivity index is 3.46. The van der Waals surface area contributed by atoms with Gasteiger partial charge in [0, 0.05) is 13.2 Å². The zero-order valence-electron chi connectivity index (χ0n) is 9.38. The summed E-state index contributed by atoms with van der Waals surface area (Å²) in [5.74, 6) is 0.731. The van der Waals surface area contributed by atoms with Crippen molar-refractivity contribution in [2.75, 3.05) is 13.2 Å². The van der Waals surface area contributed by atoms with Crippen LogP contribution in [0, 0.1) is 5.92 Å². The molecule has 0 aromatic rings. The highest BCUT2D eigenvalue weighted by Gasteiger charge is 2.07. The van der Waals surface area contributed by atoms with Gasteiger partial charge >= 0.3 is 0 Å². The lowest BCUT2D eigenvalue weighted by Gasteiger charge is -2.17. The molecular formula is C11H25NO. The van der Waals surface area contributed by atoms with E-state index in [4.69, 9.17) is 10.5 Å². The molecule has 2 unspecified atom stereocenters.